The van der Waals surface area contributed by atoms with Crippen molar-refractivity contribution in [2.45, 2.75) is 38.6 Å². The molecule has 3 rings (SSSR count). The second kappa shape index (κ2) is 9.14. The fourth-order valence-corrected chi connectivity index (χ4v) is 3.33. The number of carboxylic acid groups (broad SMARTS) is 1. The van der Waals surface area contributed by atoms with Crippen LogP contribution in [0, 0.1) is 6.92 Å². The molecule has 2 aromatic carbocycles. The number of para-hydroxylation sites is 1. The molecule has 0 saturated carbocycles. The number of benzene rings is 2. The summed E-state index contributed by atoms with van der Waals surface area (Å²) >= 11 is 0. The van der Waals surface area contributed by atoms with Crippen molar-refractivity contribution in [1.29, 1.82) is 0 Å². The lowest BCUT2D eigenvalue weighted by molar-refractivity contribution is -0.137. The predicted octanol–water partition coefficient (Wildman–Crippen LogP) is 2.89. The van der Waals surface area contributed by atoms with Crippen LogP contribution in [0.5, 0.6) is 0 Å². The third-order valence-corrected chi connectivity index (χ3v) is 4.76. The number of nitrogens with one attached hydrogen (secondary N) is 2. The number of hydrogen-bond donors (Lipinski definition) is 3. The van der Waals surface area contributed by atoms with E-state index in [1.807, 2.05) is 37.3 Å². The molecule has 1 amide bonds. The number of amides is 1. The van der Waals surface area contributed by atoms with Gasteiger partial charge in [-0.2, -0.15) is 0 Å². The Bertz CT molecular complexity index is 1090. The van der Waals surface area contributed by atoms with Gasteiger partial charge in [0.2, 0.25) is 5.91 Å². The van der Waals surface area contributed by atoms with Crippen LogP contribution >= 0.6 is 0 Å². The molecule has 0 bridgehead atoms. The Morgan fingerprint density at radius 1 is 1.14 bits per heavy atom. The highest BCUT2D eigenvalue weighted by atomic mass is 16.4. The van der Waals surface area contributed by atoms with Gasteiger partial charge >= 0.3 is 5.97 Å². The standard InChI is InChI=1S/C22H23N3O4/c1-14-7-2-3-8-15(14)18(13-21(27)28)24-20(26)12-6-11-19-23-17-10-5-4-9-16(17)22(29)25-19/h2-5,7-10,18H,6,11-13H2,1H3,(H,24,26)(H,27,28)(H,23,25,29). The van der Waals surface area contributed by atoms with Crippen molar-refractivity contribution in [2.24, 2.45) is 0 Å². The molecule has 0 fully saturated rings. The van der Waals surface area contributed by atoms with Crippen LogP contribution in [-0.2, 0) is 16.0 Å². The monoisotopic (exact) mass is 393 g/mol. The van der Waals surface area contributed by atoms with E-state index in [9.17, 15) is 19.5 Å². The molecule has 0 radical (unpaired) electrons. The van der Waals surface area contributed by atoms with Gasteiger partial charge in [-0.15, -0.1) is 0 Å². The highest BCUT2D eigenvalue weighted by Crippen LogP contribution is 2.21. The number of aromatic nitrogens is 2. The largest absolute Gasteiger partial charge is 0.481 e. The van der Waals surface area contributed by atoms with Crippen LogP contribution in [0.2, 0.25) is 0 Å². The molecule has 1 atom stereocenters. The number of H-pyrrole nitrogens is 1. The highest BCUT2D eigenvalue weighted by Gasteiger charge is 2.19. The van der Waals surface area contributed by atoms with Gasteiger partial charge in [-0.05, 0) is 36.6 Å². The Kier molecular flexibility index (Phi) is 6.39. The summed E-state index contributed by atoms with van der Waals surface area (Å²) in [6, 6.07) is 13.9. The number of hydrogen-bond acceptors (Lipinski definition) is 4. The van der Waals surface area contributed by atoms with Crippen LogP contribution in [0.4, 0.5) is 0 Å². The Morgan fingerprint density at radius 3 is 2.62 bits per heavy atom. The lowest BCUT2D eigenvalue weighted by atomic mass is 9.98. The minimum absolute atomic E-state index is 0.184. The van der Waals surface area contributed by atoms with E-state index in [1.165, 1.54) is 0 Å². The average Bonchev–Trinajstić information content (AvgIpc) is 2.67. The molecule has 0 aliphatic carbocycles. The molecular weight excluding hydrogens is 370 g/mol. The summed E-state index contributed by atoms with van der Waals surface area (Å²) in [5.74, 6) is -0.679. The third kappa shape index (κ3) is 5.28. The fourth-order valence-electron chi connectivity index (χ4n) is 3.33. The van der Waals surface area contributed by atoms with E-state index >= 15 is 0 Å². The average molecular weight is 393 g/mol. The zero-order chi connectivity index (χ0) is 20.8. The molecule has 3 aromatic rings. The normalized spacial score (nSPS) is 11.9. The number of carboxylic acids is 1. The number of nitrogens with zero attached hydrogens (tertiary/aromatic N) is 1. The van der Waals surface area contributed by atoms with E-state index in [4.69, 9.17) is 0 Å². The van der Waals surface area contributed by atoms with Crippen molar-refractivity contribution in [3.63, 3.8) is 0 Å². The number of fused-ring (bicyclic) bond motifs is 1. The quantitative estimate of drug-likeness (QED) is 0.545. The second-order valence-corrected chi connectivity index (χ2v) is 6.96. The first-order valence-electron chi connectivity index (χ1n) is 9.48. The summed E-state index contributed by atoms with van der Waals surface area (Å²) in [6.45, 7) is 1.89. The van der Waals surface area contributed by atoms with Gasteiger partial charge in [0.1, 0.15) is 5.82 Å². The van der Waals surface area contributed by atoms with Crippen LogP contribution in [0.25, 0.3) is 10.9 Å². The number of rotatable bonds is 8. The maximum Gasteiger partial charge on any atom is 0.305 e. The van der Waals surface area contributed by atoms with Gasteiger partial charge in [0, 0.05) is 12.8 Å². The van der Waals surface area contributed by atoms with E-state index in [0.717, 1.165) is 11.1 Å². The van der Waals surface area contributed by atoms with Crippen molar-refractivity contribution in [3.8, 4) is 0 Å². The third-order valence-electron chi connectivity index (χ3n) is 4.76. The van der Waals surface area contributed by atoms with Crippen LogP contribution < -0.4 is 10.9 Å². The van der Waals surface area contributed by atoms with E-state index < -0.39 is 12.0 Å². The second-order valence-electron chi connectivity index (χ2n) is 6.96. The first-order chi connectivity index (χ1) is 13.9. The first-order valence-corrected chi connectivity index (χ1v) is 9.48. The summed E-state index contributed by atoms with van der Waals surface area (Å²) in [4.78, 5) is 42.9. The molecule has 0 aliphatic heterocycles. The van der Waals surface area contributed by atoms with Crippen molar-refractivity contribution in [2.75, 3.05) is 0 Å². The summed E-state index contributed by atoms with van der Waals surface area (Å²) in [5, 5.41) is 12.5. The molecule has 7 heteroatoms. The number of aromatic amines is 1. The van der Waals surface area contributed by atoms with Gasteiger partial charge in [-0.1, -0.05) is 36.4 Å². The molecule has 0 spiro atoms. The molecule has 1 heterocycles. The van der Waals surface area contributed by atoms with E-state index in [1.54, 1.807) is 18.2 Å². The van der Waals surface area contributed by atoms with Crippen molar-refractivity contribution in [1.82, 2.24) is 15.3 Å². The van der Waals surface area contributed by atoms with Crippen LogP contribution in [0.1, 0.15) is 42.3 Å². The Labute approximate surface area is 167 Å². The zero-order valence-corrected chi connectivity index (χ0v) is 16.1. The van der Waals surface area contributed by atoms with Gasteiger partial charge in [0.25, 0.3) is 5.56 Å². The minimum atomic E-state index is -0.975. The minimum Gasteiger partial charge on any atom is -0.481 e. The number of carbonyl (C=O) groups excluding carboxylic acids is 1. The zero-order valence-electron chi connectivity index (χ0n) is 16.1. The molecule has 3 N–H and O–H groups in total. The topological polar surface area (TPSA) is 112 Å². The van der Waals surface area contributed by atoms with Crippen LogP contribution in [-0.4, -0.2) is 27.0 Å². The number of aliphatic carboxylic acids is 1. The summed E-state index contributed by atoms with van der Waals surface area (Å²) < 4.78 is 0. The maximum atomic E-state index is 12.4. The van der Waals surface area contributed by atoms with Crippen molar-refractivity contribution < 1.29 is 14.7 Å². The Hall–Kier alpha value is -3.48. The van der Waals surface area contributed by atoms with Gasteiger partial charge in [0.15, 0.2) is 0 Å². The van der Waals surface area contributed by atoms with Gasteiger partial charge in [-0.3, -0.25) is 14.4 Å². The highest BCUT2D eigenvalue weighted by molar-refractivity contribution is 5.78. The van der Waals surface area contributed by atoms with E-state index in [0.29, 0.717) is 29.6 Å². The summed E-state index contributed by atoms with van der Waals surface area (Å²) in [6.07, 6.45) is 0.955. The predicted molar refractivity (Wildman–Crippen MR) is 110 cm³/mol. The molecule has 0 saturated heterocycles. The SMILES string of the molecule is Cc1ccccc1C(CC(=O)O)NC(=O)CCCc1nc2ccccc2c(=O)[nH]1. The molecule has 0 aliphatic rings. The molecule has 150 valence electrons. The smallest absolute Gasteiger partial charge is 0.305 e. The molecule has 29 heavy (non-hydrogen) atoms. The number of carbonyl (C=O) groups is 2. The Morgan fingerprint density at radius 2 is 1.86 bits per heavy atom. The lowest BCUT2D eigenvalue weighted by Gasteiger charge is -2.19. The van der Waals surface area contributed by atoms with Crippen LogP contribution in [0.15, 0.2) is 53.3 Å². The van der Waals surface area contributed by atoms with Gasteiger partial charge in [0.05, 0.1) is 23.4 Å². The Balaban J connectivity index is 1.62. The van der Waals surface area contributed by atoms with Gasteiger partial charge in [-0.25, -0.2) is 4.98 Å². The first kappa shape index (κ1) is 20.3. The molecular formula is C22H23N3O4. The molecule has 1 aromatic heterocycles. The van der Waals surface area contributed by atoms with Crippen molar-refractivity contribution in [3.05, 3.63) is 75.8 Å². The van der Waals surface area contributed by atoms with Gasteiger partial charge < -0.3 is 15.4 Å². The lowest BCUT2D eigenvalue weighted by Crippen LogP contribution is -2.30. The van der Waals surface area contributed by atoms with E-state index in [-0.39, 0.29) is 24.3 Å². The summed E-state index contributed by atoms with van der Waals surface area (Å²) in [5.41, 5.74) is 2.15. The fraction of sp³-hybridized carbons (Fsp3) is 0.273. The number of aryl methyl sites for hydroxylation is 2. The molecule has 1 unspecified atom stereocenters. The van der Waals surface area contributed by atoms with Crippen molar-refractivity contribution >= 4 is 22.8 Å². The van der Waals surface area contributed by atoms with Crippen LogP contribution in [0.3, 0.4) is 0 Å². The molecule has 7 nitrogen and oxygen atoms in total. The van der Waals surface area contributed by atoms with E-state index in [2.05, 4.69) is 15.3 Å². The summed E-state index contributed by atoms with van der Waals surface area (Å²) in [7, 11) is 0. The maximum absolute atomic E-state index is 12.4.